The molecule has 0 aliphatic rings. The Bertz CT molecular complexity index is 647. The van der Waals surface area contributed by atoms with Crippen LogP contribution in [0.4, 0.5) is 13.2 Å². The maximum Gasteiger partial charge on any atom is 0.408 e. The van der Waals surface area contributed by atoms with E-state index in [0.717, 1.165) is 0 Å². The molecule has 0 aliphatic carbocycles. The minimum absolute atomic E-state index is 0.0705. The van der Waals surface area contributed by atoms with Gasteiger partial charge in [0.2, 0.25) is 0 Å². The number of halogens is 3. The van der Waals surface area contributed by atoms with Crippen molar-refractivity contribution in [2.24, 2.45) is 7.05 Å². The van der Waals surface area contributed by atoms with Crippen LogP contribution in [0.3, 0.4) is 0 Å². The first-order valence-electron chi connectivity index (χ1n) is 5.98. The fourth-order valence-corrected chi connectivity index (χ4v) is 1.76. The van der Waals surface area contributed by atoms with E-state index < -0.39 is 18.7 Å². The van der Waals surface area contributed by atoms with Gasteiger partial charge >= 0.3 is 12.1 Å². The lowest BCUT2D eigenvalue weighted by Crippen LogP contribution is -2.19. The number of ether oxygens (including phenoxy) is 1. The minimum atomic E-state index is -4.49. The summed E-state index contributed by atoms with van der Waals surface area (Å²) in [4.78, 5) is 11.8. The normalized spacial score (nSPS) is 11.7. The van der Waals surface area contributed by atoms with E-state index in [2.05, 4.69) is 15.4 Å². The molecule has 2 aromatic rings. The number of hydrogen-bond donors (Lipinski definition) is 0. The van der Waals surface area contributed by atoms with E-state index in [1.165, 1.54) is 17.1 Å². The summed E-state index contributed by atoms with van der Waals surface area (Å²) in [7, 11) is 1.60. The Morgan fingerprint density at radius 3 is 2.67 bits per heavy atom. The second kappa shape index (κ2) is 5.54. The van der Waals surface area contributed by atoms with Crippen LogP contribution < -0.4 is 0 Å². The number of carbonyl (C=O) groups excluding carboxylic acids is 1. The summed E-state index contributed by atoms with van der Waals surface area (Å²) in [6, 6.07) is 0. The van der Waals surface area contributed by atoms with E-state index in [-0.39, 0.29) is 18.0 Å². The predicted molar refractivity (Wildman–Crippen MR) is 64.2 cm³/mol. The van der Waals surface area contributed by atoms with Gasteiger partial charge in [-0.15, -0.1) is 5.10 Å². The van der Waals surface area contributed by atoms with Gasteiger partial charge in [0, 0.05) is 18.8 Å². The van der Waals surface area contributed by atoms with Crippen molar-refractivity contribution in [2.45, 2.75) is 19.6 Å². The first kappa shape index (κ1) is 15.0. The third-order valence-electron chi connectivity index (χ3n) is 2.51. The number of aromatic nitrogens is 5. The fraction of sp³-hybridized carbons (Fsp3) is 0.455. The molecular formula is C11H12F3N5O2. The monoisotopic (exact) mass is 303 g/mol. The largest absolute Gasteiger partial charge is 0.461 e. The topological polar surface area (TPSA) is 74.8 Å². The molecule has 0 atom stereocenters. The van der Waals surface area contributed by atoms with E-state index >= 15 is 0 Å². The van der Waals surface area contributed by atoms with Crippen LogP contribution >= 0.6 is 0 Å². The summed E-state index contributed by atoms with van der Waals surface area (Å²) in [5, 5.41) is 10.8. The van der Waals surface area contributed by atoms with Crippen molar-refractivity contribution in [3.8, 4) is 11.3 Å². The molecule has 21 heavy (non-hydrogen) atoms. The average Bonchev–Trinajstić information content (AvgIpc) is 2.93. The predicted octanol–water partition coefficient (Wildman–Crippen LogP) is 1.42. The maximum atomic E-state index is 12.6. The highest BCUT2D eigenvalue weighted by Gasteiger charge is 2.32. The second-order valence-corrected chi connectivity index (χ2v) is 4.18. The van der Waals surface area contributed by atoms with Crippen LogP contribution in [0.1, 0.15) is 17.4 Å². The van der Waals surface area contributed by atoms with Crippen LogP contribution in [-0.4, -0.2) is 43.5 Å². The van der Waals surface area contributed by atoms with Crippen molar-refractivity contribution < 1.29 is 22.7 Å². The summed E-state index contributed by atoms with van der Waals surface area (Å²) in [5.74, 6) is -0.829. The van der Waals surface area contributed by atoms with E-state index in [1.807, 2.05) is 0 Å². The zero-order valence-corrected chi connectivity index (χ0v) is 11.3. The van der Waals surface area contributed by atoms with Crippen LogP contribution in [0.5, 0.6) is 0 Å². The molecule has 10 heteroatoms. The van der Waals surface area contributed by atoms with Gasteiger partial charge in [0.05, 0.1) is 12.8 Å². The van der Waals surface area contributed by atoms with Crippen LogP contribution in [0.2, 0.25) is 0 Å². The zero-order chi connectivity index (χ0) is 15.6. The molecule has 2 aromatic heterocycles. The average molecular weight is 303 g/mol. The molecule has 0 fully saturated rings. The van der Waals surface area contributed by atoms with E-state index in [9.17, 15) is 18.0 Å². The van der Waals surface area contributed by atoms with Crippen LogP contribution in [0.25, 0.3) is 11.3 Å². The molecule has 2 heterocycles. The highest BCUT2D eigenvalue weighted by Crippen LogP contribution is 2.26. The van der Waals surface area contributed by atoms with Gasteiger partial charge in [0.25, 0.3) is 0 Å². The maximum absolute atomic E-state index is 12.6. The molecule has 0 spiro atoms. The van der Waals surface area contributed by atoms with Crippen LogP contribution in [-0.2, 0) is 18.3 Å². The second-order valence-electron chi connectivity index (χ2n) is 4.18. The first-order chi connectivity index (χ1) is 9.81. The number of esters is 1. The molecular weight excluding hydrogens is 291 g/mol. The van der Waals surface area contributed by atoms with Gasteiger partial charge < -0.3 is 4.74 Å². The highest BCUT2D eigenvalue weighted by atomic mass is 19.4. The number of carbonyl (C=O) groups is 1. The molecule has 114 valence electrons. The van der Waals surface area contributed by atoms with Gasteiger partial charge in [-0.3, -0.25) is 4.68 Å². The van der Waals surface area contributed by atoms with Gasteiger partial charge in [-0.25, -0.2) is 9.48 Å². The molecule has 0 unspecified atom stereocenters. The highest BCUT2D eigenvalue weighted by molar-refractivity contribution is 5.93. The summed E-state index contributed by atoms with van der Waals surface area (Å²) in [5.41, 5.74) is -0.0391. The Hall–Kier alpha value is -2.39. The summed E-state index contributed by atoms with van der Waals surface area (Å²) in [6.45, 7) is 0.308. The van der Waals surface area contributed by atoms with Gasteiger partial charge in [-0.1, -0.05) is 5.21 Å². The van der Waals surface area contributed by atoms with E-state index in [4.69, 9.17) is 4.74 Å². The summed E-state index contributed by atoms with van der Waals surface area (Å²) in [6.07, 6.45) is -1.70. The summed E-state index contributed by atoms with van der Waals surface area (Å²) >= 11 is 0. The molecule has 0 bridgehead atoms. The smallest absolute Gasteiger partial charge is 0.408 e. The first-order valence-corrected chi connectivity index (χ1v) is 5.98. The zero-order valence-electron chi connectivity index (χ0n) is 11.3. The SMILES string of the molecule is CCOC(=O)c1nnn(CC(F)(F)F)c1-c1cnn(C)c1. The van der Waals surface area contributed by atoms with Gasteiger partial charge in [0.15, 0.2) is 5.69 Å². The van der Waals surface area contributed by atoms with Gasteiger partial charge in [0.1, 0.15) is 12.2 Å². The Morgan fingerprint density at radius 1 is 1.43 bits per heavy atom. The van der Waals surface area contributed by atoms with Crippen molar-refractivity contribution in [3.05, 3.63) is 18.1 Å². The lowest BCUT2D eigenvalue weighted by Gasteiger charge is -2.09. The lowest BCUT2D eigenvalue weighted by atomic mass is 10.2. The Balaban J connectivity index is 2.50. The van der Waals surface area contributed by atoms with Gasteiger partial charge in [-0.05, 0) is 6.92 Å². The number of hydrogen-bond acceptors (Lipinski definition) is 5. The fourth-order valence-electron chi connectivity index (χ4n) is 1.76. The standard InChI is InChI=1S/C11H12F3N5O2/c1-3-21-10(20)8-9(7-4-15-18(2)5-7)19(17-16-8)6-11(12,13)14/h4-5H,3,6H2,1-2H3. The lowest BCUT2D eigenvalue weighted by molar-refractivity contribution is -0.142. The van der Waals surface area contributed by atoms with Crippen molar-refractivity contribution in [1.29, 1.82) is 0 Å². The third-order valence-corrected chi connectivity index (χ3v) is 2.51. The van der Waals surface area contributed by atoms with Crippen molar-refractivity contribution in [3.63, 3.8) is 0 Å². The molecule has 0 amide bonds. The molecule has 0 saturated carbocycles. The Labute approximate surface area is 117 Å². The summed E-state index contributed by atoms with van der Waals surface area (Å²) < 4.78 is 44.5. The van der Waals surface area contributed by atoms with Crippen LogP contribution in [0, 0.1) is 0 Å². The van der Waals surface area contributed by atoms with Crippen molar-refractivity contribution in [2.75, 3.05) is 6.61 Å². The van der Waals surface area contributed by atoms with Gasteiger partial charge in [-0.2, -0.15) is 18.3 Å². The quantitative estimate of drug-likeness (QED) is 0.799. The van der Waals surface area contributed by atoms with E-state index in [0.29, 0.717) is 10.2 Å². The molecule has 0 aromatic carbocycles. The van der Waals surface area contributed by atoms with Crippen molar-refractivity contribution in [1.82, 2.24) is 24.8 Å². The Kier molecular flexibility index (Phi) is 3.96. The molecule has 0 radical (unpaired) electrons. The molecule has 7 nitrogen and oxygen atoms in total. The number of alkyl halides is 3. The molecule has 0 aliphatic heterocycles. The molecule has 0 N–H and O–H groups in total. The number of nitrogens with zero attached hydrogens (tertiary/aromatic N) is 5. The number of aryl methyl sites for hydroxylation is 1. The molecule has 2 rings (SSSR count). The molecule has 0 saturated heterocycles. The minimum Gasteiger partial charge on any atom is -0.461 e. The van der Waals surface area contributed by atoms with Crippen LogP contribution in [0.15, 0.2) is 12.4 Å². The third kappa shape index (κ3) is 3.38. The Morgan fingerprint density at radius 2 is 2.14 bits per heavy atom. The van der Waals surface area contributed by atoms with E-state index in [1.54, 1.807) is 14.0 Å². The van der Waals surface area contributed by atoms with Crippen molar-refractivity contribution >= 4 is 5.97 Å². The number of rotatable bonds is 4.